The van der Waals surface area contributed by atoms with Crippen molar-refractivity contribution in [3.05, 3.63) is 66.2 Å². The van der Waals surface area contributed by atoms with Gasteiger partial charge in [0.05, 0.1) is 5.56 Å². The average Bonchev–Trinajstić information content (AvgIpc) is 3.18. The fourth-order valence-electron chi connectivity index (χ4n) is 3.54. The van der Waals surface area contributed by atoms with E-state index >= 15 is 0 Å². The van der Waals surface area contributed by atoms with Gasteiger partial charge in [0.25, 0.3) is 5.91 Å². The Balaban J connectivity index is 1.44. The number of amides is 2. The zero-order chi connectivity index (χ0) is 20.2. The highest BCUT2D eigenvalue weighted by Gasteiger charge is 2.21. The summed E-state index contributed by atoms with van der Waals surface area (Å²) >= 11 is 0. The van der Waals surface area contributed by atoms with Crippen LogP contribution in [-0.4, -0.2) is 31.3 Å². The molecule has 0 unspecified atom stereocenters. The van der Waals surface area contributed by atoms with Crippen molar-refractivity contribution in [2.24, 2.45) is 0 Å². The first-order valence-corrected chi connectivity index (χ1v) is 9.46. The molecule has 1 aliphatic heterocycles. The van der Waals surface area contributed by atoms with Crippen LogP contribution in [0.5, 0.6) is 5.75 Å². The molecule has 0 atom stereocenters. The lowest BCUT2D eigenvalue weighted by atomic mass is 10.0. The minimum absolute atomic E-state index is 0.0921. The molecule has 6 nitrogen and oxygen atoms in total. The van der Waals surface area contributed by atoms with Crippen molar-refractivity contribution >= 4 is 40.2 Å². The van der Waals surface area contributed by atoms with Gasteiger partial charge in [0.2, 0.25) is 5.91 Å². The summed E-state index contributed by atoms with van der Waals surface area (Å²) in [5.41, 5.74) is 1.78. The molecule has 3 aromatic carbocycles. The van der Waals surface area contributed by atoms with E-state index in [4.69, 9.17) is 4.74 Å². The molecule has 0 aliphatic carbocycles. The Morgan fingerprint density at radius 2 is 1.97 bits per heavy atom. The Morgan fingerprint density at radius 3 is 2.76 bits per heavy atom. The van der Waals surface area contributed by atoms with Crippen molar-refractivity contribution in [3.63, 3.8) is 0 Å². The van der Waals surface area contributed by atoms with E-state index in [1.54, 1.807) is 29.2 Å². The van der Waals surface area contributed by atoms with Crippen molar-refractivity contribution < 1.29 is 19.1 Å². The second-order valence-corrected chi connectivity index (χ2v) is 6.85. The maximum Gasteiger partial charge on any atom is 0.262 e. The molecule has 0 aromatic heterocycles. The molecule has 1 saturated heterocycles. The maximum atomic E-state index is 12.3. The van der Waals surface area contributed by atoms with Gasteiger partial charge in [0.15, 0.2) is 12.9 Å². The number of fused-ring (bicyclic) bond motifs is 1. The summed E-state index contributed by atoms with van der Waals surface area (Å²) in [5, 5.41) is 4.49. The second-order valence-electron chi connectivity index (χ2n) is 6.85. The molecule has 4 rings (SSSR count). The Morgan fingerprint density at radius 1 is 1.10 bits per heavy atom. The molecule has 1 fully saturated rings. The van der Waals surface area contributed by atoms with Gasteiger partial charge in [-0.25, -0.2) is 0 Å². The zero-order valence-electron chi connectivity index (χ0n) is 15.8. The highest BCUT2D eigenvalue weighted by molar-refractivity contribution is 6.01. The van der Waals surface area contributed by atoms with Crippen LogP contribution in [-0.2, 0) is 9.59 Å². The first-order valence-electron chi connectivity index (χ1n) is 9.46. The quantitative estimate of drug-likeness (QED) is 0.652. The summed E-state index contributed by atoms with van der Waals surface area (Å²) in [6.07, 6.45) is 2.13. The number of nitrogens with one attached hydrogen (secondary N) is 1. The second kappa shape index (κ2) is 8.14. The topological polar surface area (TPSA) is 75.7 Å². The van der Waals surface area contributed by atoms with Crippen LogP contribution in [0.15, 0.2) is 60.7 Å². The summed E-state index contributed by atoms with van der Waals surface area (Å²) in [6.45, 7) is 0.460. The highest BCUT2D eigenvalue weighted by atomic mass is 16.5. The molecule has 1 heterocycles. The molecule has 0 radical (unpaired) electrons. The van der Waals surface area contributed by atoms with Gasteiger partial charge in [-0.1, -0.05) is 36.4 Å². The molecule has 1 aliphatic rings. The molecular formula is C23H20N2O4. The standard InChI is InChI=1S/C23H20N2O4/c26-14-20-19-8-2-1-5-16(19)10-11-21(20)29-15-22(27)24-17-6-3-7-18(13-17)25-12-4-9-23(25)28/h1-3,5-8,10-11,13-14H,4,9,12,15H2,(H,24,27). The number of hydrogen-bond donors (Lipinski definition) is 1. The van der Waals surface area contributed by atoms with Crippen LogP contribution < -0.4 is 15.0 Å². The monoisotopic (exact) mass is 388 g/mol. The molecule has 0 bridgehead atoms. The van der Waals surface area contributed by atoms with Gasteiger partial charge >= 0.3 is 0 Å². The molecule has 3 aromatic rings. The molecular weight excluding hydrogens is 368 g/mol. The smallest absolute Gasteiger partial charge is 0.262 e. The van der Waals surface area contributed by atoms with E-state index in [1.165, 1.54) is 0 Å². The first-order chi connectivity index (χ1) is 14.2. The van der Waals surface area contributed by atoms with E-state index in [9.17, 15) is 14.4 Å². The number of carbonyl (C=O) groups is 3. The highest BCUT2D eigenvalue weighted by Crippen LogP contribution is 2.27. The largest absolute Gasteiger partial charge is 0.483 e. The molecule has 0 spiro atoms. The number of benzene rings is 3. The lowest BCUT2D eigenvalue weighted by molar-refractivity contribution is -0.118. The molecule has 0 saturated carbocycles. The van der Waals surface area contributed by atoms with Crippen LogP contribution in [0.3, 0.4) is 0 Å². The van der Waals surface area contributed by atoms with E-state index in [1.807, 2.05) is 36.4 Å². The summed E-state index contributed by atoms with van der Waals surface area (Å²) in [4.78, 5) is 37.5. The van der Waals surface area contributed by atoms with E-state index in [0.717, 1.165) is 29.2 Å². The van der Waals surface area contributed by atoms with Crippen LogP contribution in [0, 0.1) is 0 Å². The van der Waals surface area contributed by atoms with Crippen molar-refractivity contribution in [3.8, 4) is 5.75 Å². The van der Waals surface area contributed by atoms with Crippen LogP contribution in [0.2, 0.25) is 0 Å². The minimum Gasteiger partial charge on any atom is -0.483 e. The third kappa shape index (κ3) is 3.96. The molecule has 2 amide bonds. The van der Waals surface area contributed by atoms with Crippen LogP contribution in [0.25, 0.3) is 10.8 Å². The van der Waals surface area contributed by atoms with Crippen molar-refractivity contribution in [2.45, 2.75) is 12.8 Å². The fraction of sp³-hybridized carbons (Fsp3) is 0.174. The van der Waals surface area contributed by atoms with Gasteiger partial charge < -0.3 is 15.0 Å². The number of anilines is 2. The Bertz CT molecular complexity index is 1090. The minimum atomic E-state index is -0.347. The number of ether oxygens (including phenoxy) is 1. The van der Waals surface area contributed by atoms with Gasteiger partial charge in [-0.3, -0.25) is 14.4 Å². The van der Waals surface area contributed by atoms with E-state index in [2.05, 4.69) is 5.32 Å². The Labute approximate surface area is 168 Å². The molecule has 29 heavy (non-hydrogen) atoms. The fourth-order valence-corrected chi connectivity index (χ4v) is 3.54. The third-order valence-electron chi connectivity index (χ3n) is 4.92. The number of carbonyl (C=O) groups excluding carboxylic acids is 3. The molecule has 6 heteroatoms. The molecule has 1 N–H and O–H groups in total. The summed E-state index contributed by atoms with van der Waals surface area (Å²) < 4.78 is 5.61. The van der Waals surface area contributed by atoms with E-state index in [0.29, 0.717) is 30.0 Å². The summed E-state index contributed by atoms with van der Waals surface area (Å²) in [6, 6.07) is 18.2. The van der Waals surface area contributed by atoms with Crippen molar-refractivity contribution in [1.82, 2.24) is 0 Å². The average molecular weight is 388 g/mol. The Hall–Kier alpha value is -3.67. The van der Waals surface area contributed by atoms with Crippen molar-refractivity contribution in [2.75, 3.05) is 23.4 Å². The SMILES string of the molecule is O=Cc1c(OCC(=O)Nc2cccc(N3CCCC3=O)c2)ccc2ccccc12. The van der Waals surface area contributed by atoms with Gasteiger partial charge in [-0.15, -0.1) is 0 Å². The van der Waals surface area contributed by atoms with Gasteiger partial charge in [0, 0.05) is 24.3 Å². The number of hydrogen-bond acceptors (Lipinski definition) is 4. The molecule has 146 valence electrons. The van der Waals surface area contributed by atoms with Gasteiger partial charge in [-0.2, -0.15) is 0 Å². The number of rotatable bonds is 6. The van der Waals surface area contributed by atoms with Gasteiger partial charge in [0.1, 0.15) is 5.75 Å². The first kappa shape index (κ1) is 18.7. The number of nitrogens with zero attached hydrogens (tertiary/aromatic N) is 1. The Kier molecular flexibility index (Phi) is 5.24. The summed E-state index contributed by atoms with van der Waals surface area (Å²) in [5.74, 6) is 0.111. The predicted octanol–water partition coefficient (Wildman–Crippen LogP) is 3.80. The number of aldehydes is 1. The summed E-state index contributed by atoms with van der Waals surface area (Å²) in [7, 11) is 0. The third-order valence-corrected chi connectivity index (χ3v) is 4.92. The zero-order valence-corrected chi connectivity index (χ0v) is 15.8. The van der Waals surface area contributed by atoms with E-state index < -0.39 is 0 Å². The van der Waals surface area contributed by atoms with Crippen LogP contribution >= 0.6 is 0 Å². The lowest BCUT2D eigenvalue weighted by Gasteiger charge is -2.17. The van der Waals surface area contributed by atoms with Gasteiger partial charge in [-0.05, 0) is 41.5 Å². The van der Waals surface area contributed by atoms with Crippen LogP contribution in [0.1, 0.15) is 23.2 Å². The van der Waals surface area contributed by atoms with Crippen molar-refractivity contribution in [1.29, 1.82) is 0 Å². The predicted molar refractivity (Wildman–Crippen MR) is 111 cm³/mol. The van der Waals surface area contributed by atoms with E-state index in [-0.39, 0.29) is 18.4 Å². The maximum absolute atomic E-state index is 12.3. The normalized spacial score (nSPS) is 13.5. The lowest BCUT2D eigenvalue weighted by Crippen LogP contribution is -2.24. The van der Waals surface area contributed by atoms with Crippen LogP contribution in [0.4, 0.5) is 11.4 Å².